The highest BCUT2D eigenvalue weighted by atomic mass is 35.5. The third kappa shape index (κ3) is 29.0. The van der Waals surface area contributed by atoms with E-state index >= 15 is 0 Å². The number of halogens is 1. The molecule has 0 atom stereocenters. The molecule has 0 aromatic heterocycles. The van der Waals surface area contributed by atoms with Gasteiger partial charge >= 0.3 is 0 Å². The van der Waals surface area contributed by atoms with Crippen molar-refractivity contribution in [3.8, 4) is 0 Å². The average Bonchev–Trinajstić information content (AvgIpc) is 2.94. The molecule has 0 aromatic rings. The fourth-order valence-corrected chi connectivity index (χ4v) is 6.59. The van der Waals surface area contributed by atoms with Crippen molar-refractivity contribution >= 4 is 0 Å². The van der Waals surface area contributed by atoms with Gasteiger partial charge in [-0.25, -0.2) is 0 Å². The van der Waals surface area contributed by atoms with Crippen molar-refractivity contribution in [2.45, 2.75) is 239 Å². The zero-order chi connectivity index (χ0) is 30.3. The van der Waals surface area contributed by atoms with Gasteiger partial charge in [0.2, 0.25) is 0 Å². The first kappa shape index (κ1) is 44.4. The van der Waals surface area contributed by atoms with Gasteiger partial charge in [0.1, 0.15) is 0 Å². The summed E-state index contributed by atoms with van der Waals surface area (Å²) >= 11 is 0. The maximum Gasteiger partial charge on any atom is 0.0931 e. The van der Waals surface area contributed by atoms with Crippen LogP contribution in [0.3, 0.4) is 0 Å². The Kier molecular flexibility index (Phi) is 34.5. The van der Waals surface area contributed by atoms with Crippen LogP contribution in [0.5, 0.6) is 0 Å². The van der Waals surface area contributed by atoms with E-state index in [1.54, 1.807) is 0 Å². The molecule has 0 aliphatic heterocycles. The van der Waals surface area contributed by atoms with Crippen molar-refractivity contribution in [3.05, 3.63) is 0 Å². The van der Waals surface area contributed by atoms with Crippen LogP contribution in [-0.4, -0.2) is 30.7 Å². The molecule has 42 heavy (non-hydrogen) atoms. The van der Waals surface area contributed by atoms with E-state index in [1.807, 2.05) is 0 Å². The molecule has 0 fully saturated rings. The van der Waals surface area contributed by atoms with E-state index in [-0.39, 0.29) is 12.4 Å². The van der Waals surface area contributed by atoms with Crippen LogP contribution in [0.15, 0.2) is 0 Å². The monoisotopic (exact) mass is 614 g/mol. The van der Waals surface area contributed by atoms with Gasteiger partial charge < -0.3 is 16.9 Å². The molecule has 1 nitrogen and oxygen atoms in total. The smallest absolute Gasteiger partial charge is 0.0931 e. The normalized spacial score (nSPS) is 12.1. The third-order valence-corrected chi connectivity index (χ3v) is 10.6. The predicted molar refractivity (Wildman–Crippen MR) is 190 cm³/mol. The Morgan fingerprint density at radius 3 is 0.810 bits per heavy atom. The van der Waals surface area contributed by atoms with Crippen LogP contribution in [0, 0.1) is 0 Å². The Hall–Kier alpha value is 0.250. The van der Waals surface area contributed by atoms with Crippen molar-refractivity contribution in [1.29, 1.82) is 0 Å². The molecular formula is C40H84ClN. The second-order valence-corrected chi connectivity index (χ2v) is 15.2. The summed E-state index contributed by atoms with van der Waals surface area (Å²) in [6.45, 7) is 11.0. The minimum absolute atomic E-state index is 0. The lowest BCUT2D eigenvalue weighted by atomic mass is 9.91. The molecule has 0 bridgehead atoms. The fourth-order valence-electron chi connectivity index (χ4n) is 6.59. The van der Waals surface area contributed by atoms with Crippen LogP contribution in [0.2, 0.25) is 0 Å². The second-order valence-electron chi connectivity index (χ2n) is 15.2. The number of rotatable bonds is 34. The third-order valence-electron chi connectivity index (χ3n) is 10.6. The van der Waals surface area contributed by atoms with Crippen LogP contribution < -0.4 is 12.4 Å². The Morgan fingerprint density at radius 1 is 0.333 bits per heavy atom. The minimum Gasteiger partial charge on any atom is -1.00 e. The molecule has 256 valence electrons. The number of nitrogens with zero attached hydrogens (tertiary/aromatic N) is 1. The number of unbranched alkanes of at least 4 members (excludes halogenated alkanes) is 29. The summed E-state index contributed by atoms with van der Waals surface area (Å²) in [4.78, 5) is 0. The fraction of sp³-hybridized carbons (Fsp3) is 1.00. The van der Waals surface area contributed by atoms with E-state index in [0.29, 0.717) is 5.54 Å². The zero-order valence-corrected chi connectivity index (χ0v) is 31.4. The molecule has 0 N–H and O–H groups in total. The summed E-state index contributed by atoms with van der Waals surface area (Å²) in [6, 6.07) is 0. The van der Waals surface area contributed by atoms with E-state index < -0.39 is 0 Å². The topological polar surface area (TPSA) is 0 Å². The van der Waals surface area contributed by atoms with Crippen molar-refractivity contribution in [3.63, 3.8) is 0 Å². The first-order valence-corrected chi connectivity index (χ1v) is 19.7. The van der Waals surface area contributed by atoms with Gasteiger partial charge in [-0.2, -0.15) is 0 Å². The lowest BCUT2D eigenvalue weighted by Crippen LogP contribution is -3.00. The highest BCUT2D eigenvalue weighted by Gasteiger charge is 2.35. The summed E-state index contributed by atoms with van der Waals surface area (Å²) < 4.78 is 1.20. The zero-order valence-electron chi connectivity index (χ0n) is 30.7. The molecule has 0 saturated heterocycles. The molecule has 0 unspecified atom stereocenters. The Balaban J connectivity index is 0. The lowest BCUT2D eigenvalue weighted by molar-refractivity contribution is -0.938. The van der Waals surface area contributed by atoms with E-state index in [2.05, 4.69) is 41.8 Å². The molecule has 0 aromatic carbocycles. The van der Waals surface area contributed by atoms with Gasteiger partial charge in [-0.15, -0.1) is 0 Å². The predicted octanol–water partition coefficient (Wildman–Crippen LogP) is 11.4. The molecular weight excluding hydrogens is 530 g/mol. The second kappa shape index (κ2) is 32.6. The van der Waals surface area contributed by atoms with Crippen molar-refractivity contribution < 1.29 is 16.9 Å². The Morgan fingerprint density at radius 2 is 0.548 bits per heavy atom. The summed E-state index contributed by atoms with van der Waals surface area (Å²) in [6.07, 6.45) is 46.6. The van der Waals surface area contributed by atoms with Gasteiger partial charge in [0.05, 0.1) is 26.2 Å². The standard InChI is InChI=1S/C40H84N.ClH/c1-7-9-11-13-15-17-19-21-23-25-27-29-31-33-35-37-39-41(5,6)40(3,4)38-36-34-32-30-28-26-24-22-20-18-16-14-12-10-8-2;/h7-39H2,1-6H3;1H/q+1;/p-1. The molecule has 0 amide bonds. The Bertz CT molecular complexity index is 500. The van der Waals surface area contributed by atoms with E-state index in [4.69, 9.17) is 0 Å². The molecule has 2 heteroatoms. The van der Waals surface area contributed by atoms with Crippen LogP contribution >= 0.6 is 0 Å². The van der Waals surface area contributed by atoms with Crippen molar-refractivity contribution in [2.24, 2.45) is 0 Å². The summed E-state index contributed by atoms with van der Waals surface area (Å²) in [7, 11) is 4.99. The SMILES string of the molecule is CCCCCCCCCCCCCCCCCC[N+](C)(C)C(C)(C)CCCCCCCCCCCCCCCCC.[Cl-]. The number of hydrogen-bond acceptors (Lipinski definition) is 0. The molecule has 0 rings (SSSR count). The van der Waals surface area contributed by atoms with Gasteiger partial charge in [-0.05, 0) is 33.1 Å². The highest BCUT2D eigenvalue weighted by Crippen LogP contribution is 2.28. The number of hydrogen-bond donors (Lipinski definition) is 0. The van der Waals surface area contributed by atoms with Crippen LogP contribution in [0.1, 0.15) is 233 Å². The van der Waals surface area contributed by atoms with E-state index in [1.165, 1.54) is 216 Å². The summed E-state index contributed by atoms with van der Waals surface area (Å²) in [5.74, 6) is 0. The maximum absolute atomic E-state index is 2.53. The van der Waals surface area contributed by atoms with E-state index in [0.717, 1.165) is 0 Å². The quantitative estimate of drug-likeness (QED) is 0.0500. The molecule has 0 aliphatic rings. The Labute approximate surface area is 275 Å². The van der Waals surface area contributed by atoms with Crippen LogP contribution in [0.25, 0.3) is 0 Å². The largest absolute Gasteiger partial charge is 1.00 e. The summed E-state index contributed by atoms with van der Waals surface area (Å²) in [5.41, 5.74) is 0.409. The van der Waals surface area contributed by atoms with E-state index in [9.17, 15) is 0 Å². The summed E-state index contributed by atoms with van der Waals surface area (Å²) in [5, 5.41) is 0. The van der Waals surface area contributed by atoms with Gasteiger partial charge in [0.25, 0.3) is 0 Å². The van der Waals surface area contributed by atoms with Gasteiger partial charge in [0, 0.05) is 6.42 Å². The van der Waals surface area contributed by atoms with Crippen molar-refractivity contribution in [2.75, 3.05) is 20.6 Å². The molecule has 0 aliphatic carbocycles. The van der Waals surface area contributed by atoms with Crippen molar-refractivity contribution in [1.82, 2.24) is 0 Å². The average molecular weight is 615 g/mol. The first-order chi connectivity index (χ1) is 19.9. The minimum atomic E-state index is 0. The molecule has 0 spiro atoms. The lowest BCUT2D eigenvalue weighted by Gasteiger charge is -2.45. The molecule has 0 heterocycles. The molecule has 0 saturated carbocycles. The first-order valence-electron chi connectivity index (χ1n) is 19.7. The molecule has 0 radical (unpaired) electrons. The van der Waals surface area contributed by atoms with Gasteiger partial charge in [-0.3, -0.25) is 0 Å². The van der Waals surface area contributed by atoms with Crippen LogP contribution in [0.4, 0.5) is 0 Å². The number of quaternary nitrogens is 1. The highest BCUT2D eigenvalue weighted by molar-refractivity contribution is 4.70. The maximum atomic E-state index is 2.53. The van der Waals surface area contributed by atoms with Crippen LogP contribution in [-0.2, 0) is 0 Å². The van der Waals surface area contributed by atoms with Gasteiger partial charge in [0.15, 0.2) is 0 Å². The van der Waals surface area contributed by atoms with Gasteiger partial charge in [-0.1, -0.05) is 194 Å².